The Morgan fingerprint density at radius 1 is 1.00 bits per heavy atom. The predicted molar refractivity (Wildman–Crippen MR) is 102 cm³/mol. The Bertz CT molecular complexity index is 1110. The van der Waals surface area contributed by atoms with E-state index in [0.29, 0.717) is 12.6 Å². The van der Waals surface area contributed by atoms with E-state index in [0.717, 1.165) is 6.42 Å². The highest BCUT2D eigenvalue weighted by molar-refractivity contribution is 5.50. The second-order valence-corrected chi connectivity index (χ2v) is 9.00. The van der Waals surface area contributed by atoms with Crippen molar-refractivity contribution in [1.82, 2.24) is 4.57 Å². The van der Waals surface area contributed by atoms with E-state index < -0.39 is 10.2 Å². The van der Waals surface area contributed by atoms with E-state index in [1.54, 1.807) is 0 Å². The molecule has 2 atom stereocenters. The topological polar surface area (TPSA) is 110 Å². The van der Waals surface area contributed by atoms with Gasteiger partial charge in [0, 0.05) is 18.9 Å². The van der Waals surface area contributed by atoms with Gasteiger partial charge in [0.15, 0.2) is 17.4 Å². The smallest absolute Gasteiger partial charge is 0.250 e. The summed E-state index contributed by atoms with van der Waals surface area (Å²) in [5, 5.41) is 0. The molecule has 1 unspecified atom stereocenters. The zero-order valence-electron chi connectivity index (χ0n) is 17.9. The Kier molecular flexibility index (Phi) is 5.68. The Labute approximate surface area is 183 Å². The van der Waals surface area contributed by atoms with Crippen LogP contribution in [-0.4, -0.2) is 10.7 Å². The van der Waals surface area contributed by atoms with Crippen molar-refractivity contribution in [3.05, 3.63) is 81.9 Å². The van der Waals surface area contributed by atoms with E-state index in [9.17, 15) is 0 Å². The van der Waals surface area contributed by atoms with Gasteiger partial charge in [-0.15, -0.1) is 10.2 Å². The molecular weight excluding hydrogens is 420 g/mol. The molecule has 5 rings (SSSR count). The number of halogens is 1. The molecule has 7 nitrogen and oxygen atoms in total. The first kappa shape index (κ1) is 22.0. The van der Waals surface area contributed by atoms with E-state index in [-0.39, 0.29) is 6.10 Å². The van der Waals surface area contributed by atoms with Crippen molar-refractivity contribution in [2.75, 3.05) is 0 Å². The Balaban J connectivity index is 0.000000418. The van der Waals surface area contributed by atoms with Gasteiger partial charge in [0.05, 0.1) is 0 Å². The Morgan fingerprint density at radius 2 is 1.61 bits per heavy atom. The molecular formula is C23H25ClN2O5. The van der Waals surface area contributed by atoms with Crippen LogP contribution in [-0.2, 0) is 17.8 Å². The molecule has 0 N–H and O–H groups in total. The molecule has 2 aromatic carbocycles. The van der Waals surface area contributed by atoms with Gasteiger partial charge in [-0.25, -0.2) is 23.2 Å². The standard InChI is InChI=1S/C23H25N2O.ClHO4/c1-14-9-15(2)22(16(3)10-14)24-13-25-20(17(24)4)12-26-21-11-18-7-5-6-8-19(18)23(21)25;2-1(3,4)5/h5-10,13,21,23H,11-12H2,1-4H3;(H,2,3,4,5)/q+1;/p-1/t21-,23?;/m1./s1. The number of hydrogen-bond acceptors (Lipinski definition) is 5. The molecule has 0 radical (unpaired) electrons. The molecule has 1 aromatic heterocycles. The molecule has 3 aromatic rings. The van der Waals surface area contributed by atoms with Crippen LogP contribution >= 0.6 is 0 Å². The highest BCUT2D eigenvalue weighted by Gasteiger charge is 2.44. The van der Waals surface area contributed by atoms with Crippen molar-refractivity contribution in [2.24, 2.45) is 0 Å². The summed E-state index contributed by atoms with van der Waals surface area (Å²) < 4.78 is 45.1. The molecule has 0 spiro atoms. The van der Waals surface area contributed by atoms with Crippen LogP contribution in [0, 0.1) is 37.9 Å². The first-order chi connectivity index (χ1) is 14.5. The van der Waals surface area contributed by atoms with Crippen LogP contribution in [0.25, 0.3) is 5.69 Å². The lowest BCUT2D eigenvalue weighted by Crippen LogP contribution is -2.68. The first-order valence-corrected chi connectivity index (χ1v) is 11.3. The summed E-state index contributed by atoms with van der Waals surface area (Å²) in [5.41, 5.74) is 10.7. The third-order valence-electron chi connectivity index (χ3n) is 6.09. The molecule has 2 aliphatic rings. The van der Waals surface area contributed by atoms with E-state index in [1.165, 1.54) is 44.9 Å². The number of rotatable bonds is 1. The van der Waals surface area contributed by atoms with E-state index in [1.807, 2.05) is 0 Å². The monoisotopic (exact) mass is 444 g/mol. The number of nitrogens with zero attached hydrogens (tertiary/aromatic N) is 2. The summed E-state index contributed by atoms with van der Waals surface area (Å²) in [6.07, 6.45) is 3.57. The van der Waals surface area contributed by atoms with Crippen molar-refractivity contribution in [1.29, 1.82) is 0 Å². The largest absolute Gasteiger partial charge is 0.364 e. The van der Waals surface area contributed by atoms with Gasteiger partial charge in [0.25, 0.3) is 0 Å². The van der Waals surface area contributed by atoms with E-state index >= 15 is 0 Å². The summed E-state index contributed by atoms with van der Waals surface area (Å²) in [6, 6.07) is 13.6. The van der Waals surface area contributed by atoms with Crippen molar-refractivity contribution >= 4 is 0 Å². The van der Waals surface area contributed by atoms with Crippen LogP contribution in [0.4, 0.5) is 0 Å². The maximum atomic E-state index is 8.49. The number of ether oxygens (including phenoxy) is 1. The summed E-state index contributed by atoms with van der Waals surface area (Å²) in [4.78, 5) is 0. The Hall–Kier alpha value is -2.26. The molecule has 0 amide bonds. The molecule has 2 heterocycles. The SMILES string of the molecule is Cc1cc(C)c(-n2c[n+]3c(c2C)CO[C@@H]2Cc4ccccc4C23)c(C)c1.[O-][Cl+3]([O-])([O-])[O-]. The quantitative estimate of drug-likeness (QED) is 0.460. The summed E-state index contributed by atoms with van der Waals surface area (Å²) in [7, 11) is -4.94. The molecule has 0 fully saturated rings. The van der Waals surface area contributed by atoms with Crippen LogP contribution in [0.5, 0.6) is 0 Å². The van der Waals surface area contributed by atoms with Crippen LogP contribution in [0.2, 0.25) is 0 Å². The Morgan fingerprint density at radius 3 is 2.26 bits per heavy atom. The average molecular weight is 445 g/mol. The minimum atomic E-state index is -4.94. The fraction of sp³-hybridized carbons (Fsp3) is 0.348. The van der Waals surface area contributed by atoms with Crippen molar-refractivity contribution in [2.45, 2.75) is 52.9 Å². The fourth-order valence-corrected chi connectivity index (χ4v) is 5.01. The van der Waals surface area contributed by atoms with Crippen LogP contribution < -0.4 is 23.2 Å². The molecule has 0 bridgehead atoms. The maximum absolute atomic E-state index is 8.49. The molecule has 1 aliphatic carbocycles. The highest BCUT2D eigenvalue weighted by Crippen LogP contribution is 2.37. The van der Waals surface area contributed by atoms with Crippen molar-refractivity contribution in [3.63, 3.8) is 0 Å². The molecule has 0 saturated carbocycles. The van der Waals surface area contributed by atoms with Crippen molar-refractivity contribution in [3.8, 4) is 5.69 Å². The van der Waals surface area contributed by atoms with Gasteiger partial charge >= 0.3 is 0 Å². The van der Waals surface area contributed by atoms with Crippen LogP contribution in [0.1, 0.15) is 45.2 Å². The average Bonchev–Trinajstić information content (AvgIpc) is 3.18. The number of aryl methyl sites for hydroxylation is 3. The van der Waals surface area contributed by atoms with Gasteiger partial charge in [0.2, 0.25) is 6.33 Å². The third-order valence-corrected chi connectivity index (χ3v) is 6.09. The summed E-state index contributed by atoms with van der Waals surface area (Å²) in [5.74, 6) is 0. The number of imidazole rings is 1. The van der Waals surface area contributed by atoms with Crippen molar-refractivity contribution < 1.29 is 38.2 Å². The first-order valence-electron chi connectivity index (χ1n) is 10.1. The molecule has 31 heavy (non-hydrogen) atoms. The highest BCUT2D eigenvalue weighted by atomic mass is 35.7. The molecule has 1 aliphatic heterocycles. The van der Waals surface area contributed by atoms with E-state index in [2.05, 4.69) is 79.6 Å². The van der Waals surface area contributed by atoms with Gasteiger partial charge < -0.3 is 4.74 Å². The van der Waals surface area contributed by atoms with Gasteiger partial charge in [0.1, 0.15) is 18.4 Å². The fourth-order valence-electron chi connectivity index (χ4n) is 5.01. The molecule has 0 saturated heterocycles. The van der Waals surface area contributed by atoms with Gasteiger partial charge in [-0.2, -0.15) is 4.57 Å². The zero-order valence-corrected chi connectivity index (χ0v) is 18.7. The van der Waals surface area contributed by atoms with Crippen LogP contribution in [0.3, 0.4) is 0 Å². The molecule has 8 heteroatoms. The van der Waals surface area contributed by atoms with Gasteiger partial charge in [-0.1, -0.05) is 42.0 Å². The lowest BCUT2D eigenvalue weighted by atomic mass is 10.0. The number of benzene rings is 2. The summed E-state index contributed by atoms with van der Waals surface area (Å²) in [6.45, 7) is 9.50. The lowest BCUT2D eigenvalue weighted by molar-refractivity contribution is -2.00. The second kappa shape index (κ2) is 8.02. The maximum Gasteiger partial charge on any atom is 0.250 e. The number of fused-ring (bicyclic) bond motifs is 5. The molecule has 164 valence electrons. The van der Waals surface area contributed by atoms with E-state index in [4.69, 9.17) is 23.4 Å². The summed E-state index contributed by atoms with van der Waals surface area (Å²) >= 11 is 0. The third kappa shape index (κ3) is 4.25. The van der Waals surface area contributed by atoms with Crippen LogP contribution in [0.15, 0.2) is 42.7 Å². The zero-order chi connectivity index (χ0) is 22.5. The predicted octanol–water partition coefficient (Wildman–Crippen LogP) is -0.713. The normalized spacial score (nSPS) is 19.2. The minimum Gasteiger partial charge on any atom is -0.364 e. The minimum absolute atomic E-state index is 0.250. The lowest BCUT2D eigenvalue weighted by Gasteiger charge is -2.24. The van der Waals surface area contributed by atoms with Gasteiger partial charge in [-0.05, 0) is 37.5 Å². The number of aromatic nitrogens is 2. The number of hydrogen-bond donors (Lipinski definition) is 0. The second-order valence-electron chi connectivity index (χ2n) is 8.25. The van der Waals surface area contributed by atoms with Gasteiger partial charge in [-0.3, -0.25) is 0 Å².